The molecule has 0 unspecified atom stereocenters. The van der Waals surface area contributed by atoms with E-state index in [1.54, 1.807) is 31.5 Å². The van der Waals surface area contributed by atoms with E-state index in [-0.39, 0.29) is 0 Å². The molecule has 92 valence electrons. The first-order chi connectivity index (χ1) is 8.70. The Kier molecular flexibility index (Phi) is 3.74. The van der Waals surface area contributed by atoms with Crippen LogP contribution in [0.15, 0.2) is 48.2 Å². The van der Waals surface area contributed by atoms with Gasteiger partial charge in [0, 0.05) is 10.7 Å². The Morgan fingerprint density at radius 2 is 2.28 bits per heavy atom. The highest BCUT2D eigenvalue weighted by Crippen LogP contribution is 2.17. The quantitative estimate of drug-likeness (QED) is 0.831. The SMILES string of the molecule is C=C/C=C(\C=C(C)Cl)Nc1ncnc2nc[nH]c12. The molecule has 18 heavy (non-hydrogen) atoms. The van der Waals surface area contributed by atoms with Gasteiger partial charge in [-0.2, -0.15) is 0 Å². The molecule has 0 aliphatic rings. The number of nitrogens with zero attached hydrogens (tertiary/aromatic N) is 3. The molecule has 5 nitrogen and oxygen atoms in total. The predicted molar refractivity (Wildman–Crippen MR) is 73.2 cm³/mol. The molecule has 0 aliphatic heterocycles. The number of aromatic nitrogens is 4. The van der Waals surface area contributed by atoms with Crippen LogP contribution in [0.2, 0.25) is 0 Å². The largest absolute Gasteiger partial charge is 0.340 e. The maximum atomic E-state index is 5.86. The van der Waals surface area contributed by atoms with Crippen LogP contribution >= 0.6 is 11.6 Å². The van der Waals surface area contributed by atoms with Gasteiger partial charge in [0.2, 0.25) is 0 Å². The van der Waals surface area contributed by atoms with Gasteiger partial charge < -0.3 is 10.3 Å². The van der Waals surface area contributed by atoms with Crippen molar-refractivity contribution in [3.63, 3.8) is 0 Å². The number of rotatable bonds is 4. The molecule has 2 N–H and O–H groups in total. The molecule has 0 radical (unpaired) electrons. The molecular weight excluding hydrogens is 250 g/mol. The number of fused-ring (bicyclic) bond motifs is 1. The second-order valence-electron chi connectivity index (χ2n) is 3.54. The average molecular weight is 262 g/mol. The molecule has 0 aromatic carbocycles. The van der Waals surface area contributed by atoms with Gasteiger partial charge in [-0.3, -0.25) is 0 Å². The average Bonchev–Trinajstić information content (AvgIpc) is 2.77. The lowest BCUT2D eigenvalue weighted by Crippen LogP contribution is -2.00. The lowest BCUT2D eigenvalue weighted by Gasteiger charge is -2.06. The molecule has 0 aliphatic carbocycles. The molecular formula is C12H12ClN5. The van der Waals surface area contributed by atoms with Crippen LogP contribution in [0.25, 0.3) is 11.2 Å². The summed E-state index contributed by atoms with van der Waals surface area (Å²) in [6.45, 7) is 5.46. The minimum absolute atomic E-state index is 0.608. The van der Waals surface area contributed by atoms with E-state index in [4.69, 9.17) is 11.6 Å². The zero-order chi connectivity index (χ0) is 13.0. The van der Waals surface area contributed by atoms with E-state index in [0.717, 1.165) is 11.2 Å². The molecule has 0 atom stereocenters. The van der Waals surface area contributed by atoms with Crippen LogP contribution in [0, 0.1) is 0 Å². The first-order valence-electron chi connectivity index (χ1n) is 5.28. The lowest BCUT2D eigenvalue weighted by molar-refractivity contribution is 1.19. The van der Waals surface area contributed by atoms with Gasteiger partial charge in [0.25, 0.3) is 0 Å². The second kappa shape index (κ2) is 5.46. The molecule has 0 saturated heterocycles. The number of hydrogen-bond acceptors (Lipinski definition) is 4. The van der Waals surface area contributed by atoms with Crippen LogP contribution in [-0.4, -0.2) is 19.9 Å². The van der Waals surface area contributed by atoms with E-state index in [2.05, 4.69) is 31.8 Å². The minimum atomic E-state index is 0.608. The maximum absolute atomic E-state index is 5.86. The first kappa shape index (κ1) is 12.3. The van der Waals surface area contributed by atoms with Gasteiger partial charge in [-0.15, -0.1) is 0 Å². The third-order valence-corrected chi connectivity index (χ3v) is 2.25. The van der Waals surface area contributed by atoms with Crippen LogP contribution in [0.5, 0.6) is 0 Å². The van der Waals surface area contributed by atoms with Crippen molar-refractivity contribution >= 4 is 28.6 Å². The summed E-state index contributed by atoms with van der Waals surface area (Å²) in [4.78, 5) is 15.3. The monoisotopic (exact) mass is 261 g/mol. The van der Waals surface area contributed by atoms with Gasteiger partial charge in [-0.1, -0.05) is 24.3 Å². The summed E-state index contributed by atoms with van der Waals surface area (Å²) >= 11 is 5.86. The van der Waals surface area contributed by atoms with Crippen LogP contribution in [0.3, 0.4) is 0 Å². The number of anilines is 1. The fourth-order valence-corrected chi connectivity index (χ4v) is 1.58. The molecule has 2 aromatic rings. The van der Waals surface area contributed by atoms with Crippen LogP contribution in [-0.2, 0) is 0 Å². The molecule has 0 saturated carbocycles. The summed E-state index contributed by atoms with van der Waals surface area (Å²) in [7, 11) is 0. The summed E-state index contributed by atoms with van der Waals surface area (Å²) in [5, 5.41) is 3.80. The van der Waals surface area contributed by atoms with E-state index in [1.165, 1.54) is 6.33 Å². The van der Waals surface area contributed by atoms with Crippen molar-refractivity contribution in [2.45, 2.75) is 6.92 Å². The van der Waals surface area contributed by atoms with Gasteiger partial charge in [0.05, 0.1) is 6.33 Å². The number of imidazole rings is 1. The molecule has 0 amide bonds. The van der Waals surface area contributed by atoms with Crippen molar-refractivity contribution in [3.8, 4) is 0 Å². The standard InChI is InChI=1S/C12H12ClN5/c1-3-4-9(5-8(2)13)18-12-10-11(15-6-14-10)16-7-17-12/h3-7H,1H2,2H3,(H2,14,15,16,17,18)/b8-5?,9-4+. The highest BCUT2D eigenvalue weighted by molar-refractivity contribution is 6.29. The number of nitrogens with one attached hydrogen (secondary N) is 2. The van der Waals surface area contributed by atoms with Crippen LogP contribution in [0.4, 0.5) is 5.82 Å². The van der Waals surface area contributed by atoms with Crippen molar-refractivity contribution < 1.29 is 0 Å². The van der Waals surface area contributed by atoms with Crippen molar-refractivity contribution in [2.24, 2.45) is 0 Å². The zero-order valence-electron chi connectivity index (χ0n) is 9.81. The van der Waals surface area contributed by atoms with Crippen molar-refractivity contribution in [1.29, 1.82) is 0 Å². The van der Waals surface area contributed by atoms with Crippen LogP contribution in [0.1, 0.15) is 6.92 Å². The van der Waals surface area contributed by atoms with Crippen molar-refractivity contribution in [3.05, 3.63) is 48.2 Å². The molecule has 0 bridgehead atoms. The summed E-state index contributed by atoms with van der Waals surface area (Å²) in [6.07, 6.45) is 8.28. The van der Waals surface area contributed by atoms with Crippen molar-refractivity contribution in [1.82, 2.24) is 19.9 Å². The fourth-order valence-electron chi connectivity index (χ4n) is 1.46. The number of allylic oxidation sites excluding steroid dienone is 4. The Bertz CT molecular complexity index is 622. The summed E-state index contributed by atoms with van der Waals surface area (Å²) in [5.74, 6) is 0.639. The topological polar surface area (TPSA) is 66.5 Å². The van der Waals surface area contributed by atoms with Crippen LogP contribution < -0.4 is 5.32 Å². The molecule has 0 fully saturated rings. The molecule has 6 heteroatoms. The Hall–Kier alpha value is -2.14. The zero-order valence-corrected chi connectivity index (χ0v) is 10.6. The Balaban J connectivity index is 2.37. The van der Waals surface area contributed by atoms with Crippen molar-refractivity contribution in [2.75, 3.05) is 5.32 Å². The smallest absolute Gasteiger partial charge is 0.182 e. The van der Waals surface area contributed by atoms with E-state index in [9.17, 15) is 0 Å². The van der Waals surface area contributed by atoms with Gasteiger partial charge in [0.15, 0.2) is 11.5 Å². The van der Waals surface area contributed by atoms with Gasteiger partial charge in [0.1, 0.15) is 11.8 Å². The number of hydrogen-bond donors (Lipinski definition) is 2. The van der Waals surface area contributed by atoms with Gasteiger partial charge in [-0.25, -0.2) is 15.0 Å². The molecule has 2 aromatic heterocycles. The highest BCUT2D eigenvalue weighted by Gasteiger charge is 2.05. The fraction of sp³-hybridized carbons (Fsp3) is 0.0833. The Morgan fingerprint density at radius 3 is 3.00 bits per heavy atom. The number of H-pyrrole nitrogens is 1. The summed E-state index contributed by atoms with van der Waals surface area (Å²) in [6, 6.07) is 0. The Morgan fingerprint density at radius 1 is 1.44 bits per heavy atom. The minimum Gasteiger partial charge on any atom is -0.340 e. The predicted octanol–water partition coefficient (Wildman–Crippen LogP) is 2.98. The third-order valence-electron chi connectivity index (χ3n) is 2.14. The van der Waals surface area contributed by atoms with Gasteiger partial charge >= 0.3 is 0 Å². The van der Waals surface area contributed by atoms with E-state index >= 15 is 0 Å². The molecule has 2 heterocycles. The third kappa shape index (κ3) is 2.75. The first-order valence-corrected chi connectivity index (χ1v) is 5.66. The Labute approximate surface area is 109 Å². The molecule has 2 rings (SSSR count). The highest BCUT2D eigenvalue weighted by atomic mass is 35.5. The lowest BCUT2D eigenvalue weighted by atomic mass is 10.3. The van der Waals surface area contributed by atoms with E-state index in [0.29, 0.717) is 16.5 Å². The molecule has 0 spiro atoms. The summed E-state index contributed by atoms with van der Waals surface area (Å²) < 4.78 is 0. The number of aromatic amines is 1. The normalized spacial score (nSPS) is 12.8. The maximum Gasteiger partial charge on any atom is 0.182 e. The van der Waals surface area contributed by atoms with E-state index < -0.39 is 0 Å². The summed E-state index contributed by atoms with van der Waals surface area (Å²) in [5.41, 5.74) is 2.14. The van der Waals surface area contributed by atoms with Gasteiger partial charge in [-0.05, 0) is 19.1 Å². The number of halogens is 1. The van der Waals surface area contributed by atoms with E-state index in [1.807, 2.05) is 0 Å². The second-order valence-corrected chi connectivity index (χ2v) is 4.13.